The van der Waals surface area contributed by atoms with Gasteiger partial charge in [0.15, 0.2) is 0 Å². The van der Waals surface area contributed by atoms with Gasteiger partial charge in [-0.3, -0.25) is 4.90 Å². The summed E-state index contributed by atoms with van der Waals surface area (Å²) in [7, 11) is 0. The number of rotatable bonds is 5. The fourth-order valence-corrected chi connectivity index (χ4v) is 3.15. The maximum Gasteiger partial charge on any atom is 0.0256 e. The number of hydrogen-bond donors (Lipinski definition) is 1. The predicted octanol–water partition coefficient (Wildman–Crippen LogP) is 3.48. The van der Waals surface area contributed by atoms with Gasteiger partial charge < -0.3 is 5.73 Å². The van der Waals surface area contributed by atoms with Crippen molar-refractivity contribution in [1.82, 2.24) is 4.90 Å². The van der Waals surface area contributed by atoms with Gasteiger partial charge in [0.2, 0.25) is 0 Å². The number of benzene rings is 2. The number of fused-ring (bicyclic) bond motifs is 1. The van der Waals surface area contributed by atoms with Crippen LogP contribution in [0.25, 0.3) is 6.08 Å². The Labute approximate surface area is 133 Å². The third kappa shape index (κ3) is 3.65. The Balaban J connectivity index is 1.62. The highest BCUT2D eigenvalue weighted by atomic mass is 15.2. The Morgan fingerprint density at radius 2 is 1.73 bits per heavy atom. The second kappa shape index (κ2) is 7.39. The molecule has 0 saturated heterocycles. The van der Waals surface area contributed by atoms with Crippen molar-refractivity contribution >= 4 is 6.08 Å². The van der Waals surface area contributed by atoms with Crippen LogP contribution in [0.5, 0.6) is 0 Å². The smallest absolute Gasteiger partial charge is 0.0256 e. The Morgan fingerprint density at radius 3 is 2.50 bits per heavy atom. The lowest BCUT2D eigenvalue weighted by molar-refractivity contribution is 0.183. The normalized spacial score (nSPS) is 16.6. The van der Waals surface area contributed by atoms with Crippen LogP contribution in [0.2, 0.25) is 0 Å². The zero-order valence-corrected chi connectivity index (χ0v) is 13.0. The highest BCUT2D eigenvalue weighted by molar-refractivity contribution is 5.48. The Hall–Kier alpha value is -1.90. The third-order valence-electron chi connectivity index (χ3n) is 4.47. The van der Waals surface area contributed by atoms with Gasteiger partial charge in [-0.2, -0.15) is 0 Å². The largest absolute Gasteiger partial charge is 0.329 e. The highest BCUT2D eigenvalue weighted by Crippen LogP contribution is 2.21. The molecule has 0 spiro atoms. The SMILES string of the molecule is NCC(C/C=C\c1ccccc1)N1CCc2ccccc2C1. The van der Waals surface area contributed by atoms with Crippen LogP contribution in [0.1, 0.15) is 23.1 Å². The van der Waals surface area contributed by atoms with Gasteiger partial charge in [-0.15, -0.1) is 0 Å². The third-order valence-corrected chi connectivity index (χ3v) is 4.47. The van der Waals surface area contributed by atoms with Crippen LogP contribution in [0.15, 0.2) is 60.7 Å². The van der Waals surface area contributed by atoms with E-state index in [-0.39, 0.29) is 0 Å². The van der Waals surface area contributed by atoms with E-state index in [9.17, 15) is 0 Å². The van der Waals surface area contributed by atoms with Crippen LogP contribution in [-0.4, -0.2) is 24.0 Å². The van der Waals surface area contributed by atoms with E-state index in [2.05, 4.69) is 65.6 Å². The Morgan fingerprint density at radius 1 is 1.00 bits per heavy atom. The summed E-state index contributed by atoms with van der Waals surface area (Å²) < 4.78 is 0. The lowest BCUT2D eigenvalue weighted by atomic mass is 9.98. The van der Waals surface area contributed by atoms with Gasteiger partial charge in [0.1, 0.15) is 0 Å². The molecule has 2 nitrogen and oxygen atoms in total. The van der Waals surface area contributed by atoms with Crippen molar-refractivity contribution in [2.45, 2.75) is 25.4 Å². The molecule has 0 aliphatic carbocycles. The van der Waals surface area contributed by atoms with E-state index in [4.69, 9.17) is 5.73 Å². The second-order valence-corrected chi connectivity index (χ2v) is 5.93. The first-order chi connectivity index (χ1) is 10.9. The molecule has 1 heterocycles. The van der Waals surface area contributed by atoms with E-state index in [1.165, 1.54) is 16.7 Å². The number of nitrogens with two attached hydrogens (primary N) is 1. The monoisotopic (exact) mass is 292 g/mol. The van der Waals surface area contributed by atoms with Gasteiger partial charge in [0, 0.05) is 25.7 Å². The Bertz CT molecular complexity index is 619. The molecule has 2 heteroatoms. The molecule has 2 aromatic rings. The lowest BCUT2D eigenvalue weighted by Crippen LogP contribution is -2.43. The average Bonchev–Trinajstić information content (AvgIpc) is 2.59. The average molecular weight is 292 g/mol. The van der Waals surface area contributed by atoms with Crippen LogP contribution in [0, 0.1) is 0 Å². The first-order valence-corrected chi connectivity index (χ1v) is 8.09. The molecule has 0 saturated carbocycles. The van der Waals surface area contributed by atoms with Crippen LogP contribution in [0.3, 0.4) is 0 Å². The predicted molar refractivity (Wildman–Crippen MR) is 93.5 cm³/mol. The van der Waals surface area contributed by atoms with Crippen molar-refractivity contribution in [3.05, 3.63) is 77.4 Å². The molecule has 1 aliphatic rings. The summed E-state index contributed by atoms with van der Waals surface area (Å²) in [6.07, 6.45) is 6.59. The first-order valence-electron chi connectivity index (χ1n) is 8.09. The summed E-state index contributed by atoms with van der Waals surface area (Å²) in [4.78, 5) is 2.53. The standard InChI is InChI=1S/C20H24N2/c21-15-20(12-6-9-17-7-2-1-3-8-17)22-14-13-18-10-4-5-11-19(18)16-22/h1-11,20H,12-16,21H2/b9-6-. The highest BCUT2D eigenvalue weighted by Gasteiger charge is 2.21. The molecule has 1 atom stereocenters. The molecule has 1 unspecified atom stereocenters. The van der Waals surface area contributed by atoms with E-state index < -0.39 is 0 Å². The minimum atomic E-state index is 0.424. The van der Waals surface area contributed by atoms with Crippen molar-refractivity contribution in [2.75, 3.05) is 13.1 Å². The van der Waals surface area contributed by atoms with Gasteiger partial charge in [0.25, 0.3) is 0 Å². The van der Waals surface area contributed by atoms with Gasteiger partial charge >= 0.3 is 0 Å². The van der Waals surface area contributed by atoms with E-state index in [1.54, 1.807) is 0 Å². The summed E-state index contributed by atoms with van der Waals surface area (Å²) in [5.74, 6) is 0. The van der Waals surface area contributed by atoms with Gasteiger partial charge in [-0.05, 0) is 29.5 Å². The summed E-state index contributed by atoms with van der Waals surface area (Å²) >= 11 is 0. The molecule has 1 aliphatic heterocycles. The van der Waals surface area contributed by atoms with Crippen LogP contribution in [0.4, 0.5) is 0 Å². The summed E-state index contributed by atoms with van der Waals surface area (Å²) in [6.45, 7) is 2.84. The zero-order chi connectivity index (χ0) is 15.2. The topological polar surface area (TPSA) is 29.3 Å². The molecule has 2 aromatic carbocycles. The van der Waals surface area contributed by atoms with E-state index in [1.807, 2.05) is 6.07 Å². The van der Waals surface area contributed by atoms with Crippen molar-refractivity contribution < 1.29 is 0 Å². The van der Waals surface area contributed by atoms with Crippen molar-refractivity contribution in [2.24, 2.45) is 5.73 Å². The molecule has 0 amide bonds. The minimum absolute atomic E-state index is 0.424. The molecular weight excluding hydrogens is 268 g/mol. The Kier molecular flexibility index (Phi) is 5.04. The van der Waals surface area contributed by atoms with E-state index in [0.717, 1.165) is 25.9 Å². The molecule has 114 valence electrons. The van der Waals surface area contributed by atoms with Gasteiger partial charge in [0.05, 0.1) is 0 Å². The summed E-state index contributed by atoms with van der Waals surface area (Å²) in [6, 6.07) is 19.6. The summed E-state index contributed by atoms with van der Waals surface area (Å²) in [5, 5.41) is 0. The maximum absolute atomic E-state index is 6.03. The fraction of sp³-hybridized carbons (Fsp3) is 0.300. The van der Waals surface area contributed by atoms with Crippen molar-refractivity contribution in [3.8, 4) is 0 Å². The number of hydrogen-bond acceptors (Lipinski definition) is 2. The maximum atomic E-state index is 6.03. The van der Waals surface area contributed by atoms with E-state index in [0.29, 0.717) is 12.6 Å². The van der Waals surface area contributed by atoms with Crippen LogP contribution in [-0.2, 0) is 13.0 Å². The van der Waals surface area contributed by atoms with Gasteiger partial charge in [-0.25, -0.2) is 0 Å². The molecule has 3 rings (SSSR count). The van der Waals surface area contributed by atoms with E-state index >= 15 is 0 Å². The lowest BCUT2D eigenvalue weighted by Gasteiger charge is -2.34. The van der Waals surface area contributed by atoms with Crippen LogP contribution < -0.4 is 5.73 Å². The first kappa shape index (κ1) is 15.0. The summed E-state index contributed by atoms with van der Waals surface area (Å²) in [5.41, 5.74) is 10.2. The fourth-order valence-electron chi connectivity index (χ4n) is 3.15. The zero-order valence-electron chi connectivity index (χ0n) is 13.0. The quantitative estimate of drug-likeness (QED) is 0.914. The second-order valence-electron chi connectivity index (χ2n) is 5.93. The molecule has 0 bridgehead atoms. The number of nitrogens with zero attached hydrogens (tertiary/aromatic N) is 1. The molecular formula is C20H24N2. The minimum Gasteiger partial charge on any atom is -0.329 e. The molecule has 2 N–H and O–H groups in total. The molecule has 0 aromatic heterocycles. The van der Waals surface area contributed by atoms with Gasteiger partial charge in [-0.1, -0.05) is 66.7 Å². The molecule has 0 radical (unpaired) electrons. The van der Waals surface area contributed by atoms with Crippen LogP contribution >= 0.6 is 0 Å². The van der Waals surface area contributed by atoms with Crippen molar-refractivity contribution in [3.63, 3.8) is 0 Å². The molecule has 0 fully saturated rings. The molecule has 22 heavy (non-hydrogen) atoms. The van der Waals surface area contributed by atoms with Crippen molar-refractivity contribution in [1.29, 1.82) is 0 Å².